The second kappa shape index (κ2) is 13.8. The molecule has 0 saturated heterocycles. The van der Waals surface area contributed by atoms with Crippen LogP contribution in [-0.2, 0) is 27.4 Å². The average molecular weight is 528 g/mol. The zero-order valence-electron chi connectivity index (χ0n) is 22.1. The summed E-state index contributed by atoms with van der Waals surface area (Å²) < 4.78 is 11.3. The first kappa shape index (κ1) is 28.9. The normalized spacial score (nSPS) is 19.1. The molecule has 3 N–H and O–H groups in total. The molecule has 1 amide bonds. The van der Waals surface area contributed by atoms with E-state index in [1.807, 2.05) is 24.3 Å². The molecular formula is C28H37N3O7. The molecule has 3 rings (SSSR count). The largest absolute Gasteiger partial charge is 0.482 e. The predicted octanol–water partition coefficient (Wildman–Crippen LogP) is 4.76. The SMILES string of the molecule is CC1CCC(C(C)C)C(OCC(=O)NCc2ccc(NCc3cc([N+](=O)[O-])ccc3OCC(=O)O)cc2)C1. The van der Waals surface area contributed by atoms with E-state index >= 15 is 0 Å². The number of nitrogens with one attached hydrogen (secondary N) is 2. The van der Waals surface area contributed by atoms with Gasteiger partial charge < -0.3 is 25.2 Å². The molecule has 2 aromatic rings. The summed E-state index contributed by atoms with van der Waals surface area (Å²) in [5, 5.41) is 26.1. The minimum atomic E-state index is -1.14. The minimum absolute atomic E-state index is 0.0513. The van der Waals surface area contributed by atoms with Crippen molar-refractivity contribution >= 4 is 23.3 Å². The molecule has 3 atom stereocenters. The van der Waals surface area contributed by atoms with E-state index in [1.165, 1.54) is 24.6 Å². The number of anilines is 1. The topological polar surface area (TPSA) is 140 Å². The molecule has 2 aromatic carbocycles. The zero-order valence-corrected chi connectivity index (χ0v) is 22.1. The number of carbonyl (C=O) groups excluding carboxylic acids is 1. The van der Waals surface area contributed by atoms with E-state index in [9.17, 15) is 19.7 Å². The number of nitro groups is 1. The van der Waals surface area contributed by atoms with E-state index in [-0.39, 0.29) is 36.6 Å². The van der Waals surface area contributed by atoms with Gasteiger partial charge in [0.1, 0.15) is 12.4 Å². The van der Waals surface area contributed by atoms with Gasteiger partial charge in [-0.3, -0.25) is 14.9 Å². The monoisotopic (exact) mass is 527 g/mol. The minimum Gasteiger partial charge on any atom is -0.482 e. The van der Waals surface area contributed by atoms with Crippen molar-refractivity contribution in [2.45, 2.75) is 59.2 Å². The van der Waals surface area contributed by atoms with Crippen molar-refractivity contribution in [2.24, 2.45) is 17.8 Å². The van der Waals surface area contributed by atoms with Gasteiger partial charge in [-0.15, -0.1) is 0 Å². The molecule has 38 heavy (non-hydrogen) atoms. The van der Waals surface area contributed by atoms with E-state index in [0.717, 1.165) is 24.1 Å². The Bertz CT molecular complexity index is 1100. The quantitative estimate of drug-likeness (QED) is 0.250. The van der Waals surface area contributed by atoms with Gasteiger partial charge in [0, 0.05) is 36.5 Å². The molecule has 1 fully saturated rings. The van der Waals surface area contributed by atoms with E-state index in [1.54, 1.807) is 0 Å². The first-order valence-electron chi connectivity index (χ1n) is 13.0. The van der Waals surface area contributed by atoms with Crippen molar-refractivity contribution in [1.29, 1.82) is 0 Å². The number of benzene rings is 2. The summed E-state index contributed by atoms with van der Waals surface area (Å²) >= 11 is 0. The molecule has 0 aromatic heterocycles. The predicted molar refractivity (Wildman–Crippen MR) is 143 cm³/mol. The van der Waals surface area contributed by atoms with Crippen molar-refractivity contribution in [3.63, 3.8) is 0 Å². The average Bonchev–Trinajstić information content (AvgIpc) is 2.88. The molecule has 0 heterocycles. The Labute approximate surface area is 222 Å². The lowest BCUT2D eigenvalue weighted by Gasteiger charge is -2.37. The Morgan fingerprint density at radius 2 is 1.84 bits per heavy atom. The van der Waals surface area contributed by atoms with Crippen LogP contribution in [0.3, 0.4) is 0 Å². The molecular weight excluding hydrogens is 490 g/mol. The van der Waals surface area contributed by atoms with Gasteiger partial charge in [-0.2, -0.15) is 0 Å². The molecule has 3 unspecified atom stereocenters. The third kappa shape index (κ3) is 8.72. The Balaban J connectivity index is 1.49. The van der Waals surface area contributed by atoms with Crippen molar-refractivity contribution in [1.82, 2.24) is 5.32 Å². The van der Waals surface area contributed by atoms with Crippen molar-refractivity contribution in [3.8, 4) is 5.75 Å². The van der Waals surface area contributed by atoms with Crippen molar-refractivity contribution in [3.05, 3.63) is 63.7 Å². The van der Waals surface area contributed by atoms with E-state index in [0.29, 0.717) is 29.9 Å². The highest BCUT2D eigenvalue weighted by atomic mass is 16.6. The summed E-state index contributed by atoms with van der Waals surface area (Å²) in [6.45, 7) is 6.73. The van der Waals surface area contributed by atoms with Crippen molar-refractivity contribution in [2.75, 3.05) is 18.5 Å². The number of non-ortho nitro benzene ring substituents is 1. The van der Waals surface area contributed by atoms with Crippen LogP contribution in [0.2, 0.25) is 0 Å². The van der Waals surface area contributed by atoms with Crippen molar-refractivity contribution < 1.29 is 29.1 Å². The van der Waals surface area contributed by atoms with Gasteiger partial charge in [0.25, 0.3) is 5.69 Å². The number of ether oxygens (including phenoxy) is 2. The highest BCUT2D eigenvalue weighted by Crippen LogP contribution is 2.35. The number of hydrogen-bond acceptors (Lipinski definition) is 7. The van der Waals surface area contributed by atoms with Gasteiger partial charge in [0.15, 0.2) is 6.61 Å². The molecule has 1 aliphatic rings. The standard InChI is InChI=1S/C28H37N3O7/c1-18(2)24-10-4-19(3)12-26(24)37-16-27(32)30-14-20-5-7-22(8-6-20)29-15-21-13-23(31(35)36)9-11-25(21)38-17-28(33)34/h5-9,11,13,18-19,24,26,29H,4,10,12,14-17H2,1-3H3,(H,30,32)(H,33,34). The molecule has 0 spiro atoms. The molecule has 0 radical (unpaired) electrons. The Hall–Kier alpha value is -3.66. The number of carboxylic acids is 1. The van der Waals surface area contributed by atoms with Crippen LogP contribution in [0.5, 0.6) is 5.75 Å². The molecule has 1 saturated carbocycles. The highest BCUT2D eigenvalue weighted by molar-refractivity contribution is 5.77. The molecule has 10 heteroatoms. The molecule has 0 aliphatic heterocycles. The van der Waals surface area contributed by atoms with Crippen LogP contribution in [0.15, 0.2) is 42.5 Å². The number of amides is 1. The lowest BCUT2D eigenvalue weighted by Crippen LogP contribution is -2.37. The fourth-order valence-corrected chi connectivity index (χ4v) is 4.78. The maximum atomic E-state index is 12.4. The number of nitrogens with zero attached hydrogens (tertiary/aromatic N) is 1. The third-order valence-corrected chi connectivity index (χ3v) is 6.92. The summed E-state index contributed by atoms with van der Waals surface area (Å²) in [5.74, 6) is 0.609. The lowest BCUT2D eigenvalue weighted by atomic mass is 9.75. The van der Waals surface area contributed by atoms with E-state index < -0.39 is 17.5 Å². The second-order valence-electron chi connectivity index (χ2n) is 10.2. The van der Waals surface area contributed by atoms with Crippen LogP contribution < -0.4 is 15.4 Å². The molecule has 1 aliphatic carbocycles. The fraction of sp³-hybridized carbons (Fsp3) is 0.500. The summed E-state index contributed by atoms with van der Waals surface area (Å²) in [6.07, 6.45) is 3.47. The van der Waals surface area contributed by atoms with Crippen LogP contribution in [-0.4, -0.2) is 41.2 Å². The Morgan fingerprint density at radius 3 is 2.50 bits per heavy atom. The molecule has 10 nitrogen and oxygen atoms in total. The van der Waals surface area contributed by atoms with Crippen LogP contribution in [0.25, 0.3) is 0 Å². The summed E-state index contributed by atoms with van der Waals surface area (Å²) in [5.41, 5.74) is 2.02. The number of hydrogen-bond donors (Lipinski definition) is 3. The van der Waals surface area contributed by atoms with Gasteiger partial charge in [-0.25, -0.2) is 4.79 Å². The summed E-state index contributed by atoms with van der Waals surface area (Å²) in [4.78, 5) is 33.9. The maximum absolute atomic E-state index is 12.4. The lowest BCUT2D eigenvalue weighted by molar-refractivity contribution is -0.384. The first-order valence-corrected chi connectivity index (χ1v) is 13.0. The Kier molecular flexibility index (Phi) is 10.5. The number of nitro benzene ring substituents is 1. The van der Waals surface area contributed by atoms with E-state index in [4.69, 9.17) is 14.6 Å². The number of aliphatic carboxylic acids is 1. The Morgan fingerprint density at radius 1 is 1.11 bits per heavy atom. The second-order valence-corrected chi connectivity index (χ2v) is 10.2. The van der Waals surface area contributed by atoms with Gasteiger partial charge >= 0.3 is 5.97 Å². The van der Waals surface area contributed by atoms with Crippen LogP contribution >= 0.6 is 0 Å². The maximum Gasteiger partial charge on any atom is 0.341 e. The van der Waals surface area contributed by atoms with Crippen LogP contribution in [0.1, 0.15) is 51.2 Å². The van der Waals surface area contributed by atoms with Gasteiger partial charge in [-0.1, -0.05) is 39.3 Å². The molecule has 0 bridgehead atoms. The van der Waals surface area contributed by atoms with E-state index in [2.05, 4.69) is 31.4 Å². The number of carbonyl (C=O) groups is 2. The fourth-order valence-electron chi connectivity index (χ4n) is 4.78. The first-order chi connectivity index (χ1) is 18.1. The number of carboxylic acid groups (broad SMARTS) is 1. The van der Waals surface area contributed by atoms with Gasteiger partial charge in [0.05, 0.1) is 11.0 Å². The highest BCUT2D eigenvalue weighted by Gasteiger charge is 2.31. The van der Waals surface area contributed by atoms with Gasteiger partial charge in [0.2, 0.25) is 5.91 Å². The molecule has 206 valence electrons. The van der Waals surface area contributed by atoms with Crippen LogP contribution in [0.4, 0.5) is 11.4 Å². The summed E-state index contributed by atoms with van der Waals surface area (Å²) in [7, 11) is 0. The van der Waals surface area contributed by atoms with Crippen LogP contribution in [0, 0.1) is 27.9 Å². The van der Waals surface area contributed by atoms with Gasteiger partial charge in [-0.05, 0) is 54.4 Å². The smallest absolute Gasteiger partial charge is 0.341 e. The number of rotatable bonds is 13. The summed E-state index contributed by atoms with van der Waals surface area (Å²) in [6, 6.07) is 11.4. The zero-order chi connectivity index (χ0) is 27.7. The third-order valence-electron chi connectivity index (χ3n) is 6.92.